The van der Waals surface area contributed by atoms with Gasteiger partial charge in [0.1, 0.15) is 0 Å². The number of nitrogens with zero attached hydrogens (tertiary/aromatic N) is 3. The standard InChI is InChI=1S/C17H29N5O2.ClH/c1-3-21(4-2)9-10-24-13-6-8-22(12-13)17(23)16-14-11-18-7-5-15(14)19-20-16;/h13,18H,3-12H2,1-2H3,(H,19,20);1H. The van der Waals surface area contributed by atoms with Crippen molar-refractivity contribution >= 4 is 18.3 Å². The van der Waals surface area contributed by atoms with Crippen LogP contribution in [0.4, 0.5) is 0 Å². The summed E-state index contributed by atoms with van der Waals surface area (Å²) in [5.41, 5.74) is 2.72. The number of likely N-dealkylation sites (tertiary alicyclic amines) is 1. The van der Waals surface area contributed by atoms with Crippen LogP contribution in [0.25, 0.3) is 0 Å². The zero-order valence-electron chi connectivity index (χ0n) is 15.2. The van der Waals surface area contributed by atoms with Crippen LogP contribution < -0.4 is 5.32 Å². The van der Waals surface area contributed by atoms with Gasteiger partial charge in [0.05, 0.1) is 12.7 Å². The highest BCUT2D eigenvalue weighted by atomic mass is 35.5. The Morgan fingerprint density at radius 1 is 1.40 bits per heavy atom. The summed E-state index contributed by atoms with van der Waals surface area (Å²) in [6.07, 6.45) is 1.97. The third-order valence-electron chi connectivity index (χ3n) is 5.10. The number of amides is 1. The smallest absolute Gasteiger partial charge is 0.274 e. The number of hydrogen-bond acceptors (Lipinski definition) is 5. The fraction of sp³-hybridized carbons (Fsp3) is 0.765. The monoisotopic (exact) mass is 371 g/mol. The lowest BCUT2D eigenvalue weighted by molar-refractivity contribution is 0.0419. The maximum Gasteiger partial charge on any atom is 0.274 e. The minimum Gasteiger partial charge on any atom is -0.375 e. The minimum atomic E-state index is 0. The van der Waals surface area contributed by atoms with E-state index in [9.17, 15) is 4.79 Å². The summed E-state index contributed by atoms with van der Waals surface area (Å²) in [6.45, 7) is 11.2. The average molecular weight is 372 g/mol. The molecule has 25 heavy (non-hydrogen) atoms. The number of ether oxygens (including phenoxy) is 1. The molecule has 3 heterocycles. The molecule has 0 saturated carbocycles. The summed E-state index contributed by atoms with van der Waals surface area (Å²) in [5, 5.41) is 10.6. The third kappa shape index (κ3) is 4.73. The summed E-state index contributed by atoms with van der Waals surface area (Å²) >= 11 is 0. The van der Waals surface area contributed by atoms with Crippen LogP contribution in [-0.2, 0) is 17.7 Å². The maximum atomic E-state index is 12.8. The Hall–Kier alpha value is -1.15. The Morgan fingerprint density at radius 3 is 2.96 bits per heavy atom. The number of likely N-dealkylation sites (N-methyl/N-ethyl adjacent to an activating group) is 1. The predicted octanol–water partition coefficient (Wildman–Crippen LogP) is 1.05. The molecule has 1 fully saturated rings. The van der Waals surface area contributed by atoms with Gasteiger partial charge in [-0.05, 0) is 19.5 Å². The van der Waals surface area contributed by atoms with Crippen LogP contribution in [0.2, 0.25) is 0 Å². The molecule has 1 aromatic heterocycles. The van der Waals surface area contributed by atoms with Crippen molar-refractivity contribution in [3.05, 3.63) is 17.0 Å². The number of carbonyl (C=O) groups excluding carboxylic acids is 1. The minimum absolute atomic E-state index is 0. The first kappa shape index (κ1) is 20.2. The van der Waals surface area contributed by atoms with Gasteiger partial charge in [0.2, 0.25) is 0 Å². The highest BCUT2D eigenvalue weighted by molar-refractivity contribution is 5.94. The van der Waals surface area contributed by atoms with Crippen molar-refractivity contribution in [1.82, 2.24) is 25.3 Å². The van der Waals surface area contributed by atoms with Crippen molar-refractivity contribution in [3.8, 4) is 0 Å². The molecule has 8 heteroatoms. The van der Waals surface area contributed by atoms with E-state index < -0.39 is 0 Å². The van der Waals surface area contributed by atoms with E-state index in [1.54, 1.807) is 0 Å². The summed E-state index contributed by atoms with van der Waals surface area (Å²) < 4.78 is 5.97. The van der Waals surface area contributed by atoms with Crippen LogP contribution >= 0.6 is 12.4 Å². The molecule has 1 aromatic rings. The molecule has 2 aliphatic heterocycles. The second kappa shape index (κ2) is 9.52. The van der Waals surface area contributed by atoms with Gasteiger partial charge in [0.25, 0.3) is 5.91 Å². The maximum absolute atomic E-state index is 12.8. The van der Waals surface area contributed by atoms with Gasteiger partial charge >= 0.3 is 0 Å². The molecule has 3 rings (SSSR count). The fourth-order valence-electron chi connectivity index (χ4n) is 3.49. The lowest BCUT2D eigenvalue weighted by Crippen LogP contribution is -2.33. The topological polar surface area (TPSA) is 73.5 Å². The zero-order chi connectivity index (χ0) is 16.9. The first-order valence-electron chi connectivity index (χ1n) is 9.13. The van der Waals surface area contributed by atoms with Crippen molar-refractivity contribution in [2.24, 2.45) is 0 Å². The lowest BCUT2D eigenvalue weighted by atomic mass is 10.1. The lowest BCUT2D eigenvalue weighted by Gasteiger charge is -2.20. The summed E-state index contributed by atoms with van der Waals surface area (Å²) in [5.74, 6) is 0.0334. The molecule has 2 aliphatic rings. The normalized spacial score (nSPS) is 19.8. The molecule has 7 nitrogen and oxygen atoms in total. The van der Waals surface area contributed by atoms with Crippen LogP contribution in [0.3, 0.4) is 0 Å². The van der Waals surface area contributed by atoms with Crippen LogP contribution in [0, 0.1) is 0 Å². The van der Waals surface area contributed by atoms with Crippen molar-refractivity contribution in [1.29, 1.82) is 0 Å². The van der Waals surface area contributed by atoms with Gasteiger partial charge in [-0.3, -0.25) is 9.89 Å². The van der Waals surface area contributed by atoms with E-state index in [1.807, 2.05) is 4.90 Å². The molecule has 0 radical (unpaired) electrons. The number of aromatic amines is 1. The van der Waals surface area contributed by atoms with Crippen LogP contribution in [0.1, 0.15) is 42.0 Å². The highest BCUT2D eigenvalue weighted by Crippen LogP contribution is 2.20. The van der Waals surface area contributed by atoms with Crippen molar-refractivity contribution in [2.75, 3.05) is 45.9 Å². The molecule has 1 amide bonds. The zero-order valence-corrected chi connectivity index (χ0v) is 16.0. The van der Waals surface area contributed by atoms with E-state index in [0.717, 1.165) is 70.0 Å². The number of hydrogen-bond donors (Lipinski definition) is 2. The first-order chi connectivity index (χ1) is 11.7. The van der Waals surface area contributed by atoms with Gasteiger partial charge in [-0.1, -0.05) is 13.8 Å². The Bertz CT molecular complexity index is 561. The largest absolute Gasteiger partial charge is 0.375 e. The van der Waals surface area contributed by atoms with Gasteiger partial charge in [-0.25, -0.2) is 0 Å². The number of nitrogens with one attached hydrogen (secondary N) is 2. The highest BCUT2D eigenvalue weighted by Gasteiger charge is 2.31. The van der Waals surface area contributed by atoms with Crippen LogP contribution in [-0.4, -0.2) is 77.9 Å². The van der Waals surface area contributed by atoms with E-state index in [0.29, 0.717) is 12.2 Å². The van der Waals surface area contributed by atoms with Gasteiger partial charge < -0.3 is 19.9 Å². The molecule has 0 spiro atoms. The number of carbonyl (C=O) groups is 1. The van der Waals surface area contributed by atoms with E-state index in [1.165, 1.54) is 0 Å². The van der Waals surface area contributed by atoms with Gasteiger partial charge in [-0.15, -0.1) is 12.4 Å². The molecule has 0 aliphatic carbocycles. The number of halogens is 1. The Balaban J connectivity index is 0.00000225. The molecule has 1 saturated heterocycles. The second-order valence-corrected chi connectivity index (χ2v) is 6.52. The number of rotatable bonds is 7. The van der Waals surface area contributed by atoms with Crippen LogP contribution in [0.15, 0.2) is 0 Å². The number of aromatic nitrogens is 2. The molecule has 1 unspecified atom stereocenters. The van der Waals surface area contributed by atoms with Gasteiger partial charge in [-0.2, -0.15) is 5.10 Å². The number of H-pyrrole nitrogens is 1. The van der Waals surface area contributed by atoms with Crippen molar-refractivity contribution < 1.29 is 9.53 Å². The second-order valence-electron chi connectivity index (χ2n) is 6.52. The Labute approximate surface area is 155 Å². The molecule has 142 valence electrons. The van der Waals surface area contributed by atoms with E-state index in [-0.39, 0.29) is 24.4 Å². The quantitative estimate of drug-likeness (QED) is 0.749. The molecule has 0 bridgehead atoms. The van der Waals surface area contributed by atoms with Gasteiger partial charge in [0, 0.05) is 50.4 Å². The molecule has 0 aromatic carbocycles. The SMILES string of the molecule is CCN(CC)CCOC1CCN(C(=O)c2n[nH]c3c2CNCC3)C1.Cl. The molecule has 2 N–H and O–H groups in total. The van der Waals surface area contributed by atoms with Crippen molar-refractivity contribution in [3.63, 3.8) is 0 Å². The van der Waals surface area contributed by atoms with E-state index in [4.69, 9.17) is 4.74 Å². The fourth-order valence-corrected chi connectivity index (χ4v) is 3.49. The third-order valence-corrected chi connectivity index (χ3v) is 5.10. The van der Waals surface area contributed by atoms with Crippen LogP contribution in [0.5, 0.6) is 0 Å². The van der Waals surface area contributed by atoms with E-state index >= 15 is 0 Å². The molecular weight excluding hydrogens is 342 g/mol. The Kier molecular flexibility index (Phi) is 7.68. The summed E-state index contributed by atoms with van der Waals surface area (Å²) in [6, 6.07) is 0. The first-order valence-corrected chi connectivity index (χ1v) is 9.13. The van der Waals surface area contributed by atoms with Gasteiger partial charge in [0.15, 0.2) is 5.69 Å². The van der Waals surface area contributed by atoms with E-state index in [2.05, 4.69) is 34.3 Å². The average Bonchev–Trinajstić information content (AvgIpc) is 3.25. The Morgan fingerprint density at radius 2 is 2.20 bits per heavy atom. The predicted molar refractivity (Wildman–Crippen MR) is 99.3 cm³/mol. The van der Waals surface area contributed by atoms with Crippen molar-refractivity contribution in [2.45, 2.75) is 39.3 Å². The molecular formula is C17H30ClN5O2. The summed E-state index contributed by atoms with van der Waals surface area (Å²) in [7, 11) is 0. The summed E-state index contributed by atoms with van der Waals surface area (Å²) in [4.78, 5) is 17.0. The molecule has 1 atom stereocenters. The number of fused-ring (bicyclic) bond motifs is 1.